The summed E-state index contributed by atoms with van der Waals surface area (Å²) < 4.78 is 43.6. The van der Waals surface area contributed by atoms with Crippen LogP contribution in [0.3, 0.4) is 0 Å². The maximum absolute atomic E-state index is 12.8. The highest BCUT2D eigenvalue weighted by molar-refractivity contribution is 6.05. The molecule has 2 unspecified atom stereocenters. The Hall–Kier alpha value is -3.86. The topological polar surface area (TPSA) is 108 Å². The third kappa shape index (κ3) is 8.62. The summed E-state index contributed by atoms with van der Waals surface area (Å²) >= 11 is 0. The molecule has 1 aliphatic rings. The zero-order valence-electron chi connectivity index (χ0n) is 21.2. The lowest BCUT2D eigenvalue weighted by Crippen LogP contribution is -2.33. The molecule has 8 nitrogen and oxygen atoms in total. The van der Waals surface area contributed by atoms with Crippen LogP contribution in [0.25, 0.3) is 6.08 Å². The second kappa shape index (κ2) is 11.7. The molecule has 204 valence electrons. The first-order valence-corrected chi connectivity index (χ1v) is 11.9. The van der Waals surface area contributed by atoms with Gasteiger partial charge in [-0.25, -0.2) is 4.79 Å². The highest BCUT2D eigenvalue weighted by Crippen LogP contribution is 2.34. The van der Waals surface area contributed by atoms with Crippen molar-refractivity contribution in [1.29, 1.82) is 0 Å². The van der Waals surface area contributed by atoms with E-state index in [1.807, 2.05) is 0 Å². The number of carbonyl (C=O) groups is 3. The fourth-order valence-electron chi connectivity index (χ4n) is 4.17. The van der Waals surface area contributed by atoms with Gasteiger partial charge in [0.15, 0.2) is 0 Å². The average molecular weight is 534 g/mol. The molecule has 0 aliphatic carbocycles. The number of benzene rings is 2. The number of nitrogens with one attached hydrogen (secondary N) is 2. The number of hydrogen-bond acceptors (Lipinski definition) is 5. The van der Waals surface area contributed by atoms with Gasteiger partial charge in [-0.3, -0.25) is 19.8 Å². The number of amides is 2. The van der Waals surface area contributed by atoms with Crippen molar-refractivity contribution in [1.82, 2.24) is 4.90 Å². The number of carboxylic acids is 1. The Kier molecular flexibility index (Phi) is 8.82. The first-order chi connectivity index (χ1) is 17.7. The van der Waals surface area contributed by atoms with E-state index in [-0.39, 0.29) is 13.1 Å². The van der Waals surface area contributed by atoms with Crippen molar-refractivity contribution in [3.05, 3.63) is 65.7 Å². The first-order valence-electron chi connectivity index (χ1n) is 11.9. The van der Waals surface area contributed by atoms with E-state index in [0.717, 1.165) is 4.90 Å². The summed E-state index contributed by atoms with van der Waals surface area (Å²) in [7, 11) is 0. The lowest BCUT2D eigenvalue weighted by molar-refractivity contribution is -0.147. The Bertz CT molecular complexity index is 1190. The van der Waals surface area contributed by atoms with Crippen LogP contribution in [0.2, 0.25) is 0 Å². The maximum Gasteiger partial charge on any atom is 0.412 e. The molecule has 3 rings (SSSR count). The number of carboxylic acid groups (broad SMARTS) is 1. The van der Waals surface area contributed by atoms with E-state index < -0.39 is 48.1 Å². The summed E-state index contributed by atoms with van der Waals surface area (Å²) in [6.45, 7) is 3.87. The molecule has 0 saturated carbocycles. The summed E-state index contributed by atoms with van der Waals surface area (Å²) in [4.78, 5) is 37.3. The molecule has 1 saturated heterocycles. The molecule has 1 heterocycles. The van der Waals surface area contributed by atoms with Gasteiger partial charge in [-0.05, 0) is 50.1 Å². The van der Waals surface area contributed by atoms with Gasteiger partial charge in [0.05, 0.1) is 23.8 Å². The SMILES string of the molecule is CC(C)(C)OC(=O)Nc1ccccc1NC(=O)C=Cc1ccc(C2CN(CC(F)(F)F)CC2C(=O)O)cc1. The van der Waals surface area contributed by atoms with E-state index in [0.29, 0.717) is 22.5 Å². The quantitative estimate of drug-likeness (QED) is 0.415. The summed E-state index contributed by atoms with van der Waals surface area (Å²) in [6, 6.07) is 13.3. The average Bonchev–Trinajstić information content (AvgIpc) is 3.20. The number of halogens is 3. The first kappa shape index (κ1) is 28.7. The van der Waals surface area contributed by atoms with Crippen molar-refractivity contribution >= 4 is 35.4 Å². The molecule has 3 N–H and O–H groups in total. The van der Waals surface area contributed by atoms with E-state index in [1.165, 1.54) is 6.08 Å². The van der Waals surface area contributed by atoms with Gasteiger partial charge in [0.25, 0.3) is 0 Å². The number of anilines is 2. The predicted molar refractivity (Wildman–Crippen MR) is 137 cm³/mol. The number of para-hydroxylation sites is 2. The molecule has 11 heteroatoms. The number of hydrogen-bond donors (Lipinski definition) is 3. The largest absolute Gasteiger partial charge is 0.481 e. The van der Waals surface area contributed by atoms with Gasteiger partial charge in [-0.2, -0.15) is 13.2 Å². The van der Waals surface area contributed by atoms with Crippen LogP contribution in [0, 0.1) is 5.92 Å². The molecule has 1 fully saturated rings. The molecule has 2 aromatic rings. The Morgan fingerprint density at radius 2 is 1.61 bits per heavy atom. The van der Waals surface area contributed by atoms with Gasteiger partial charge < -0.3 is 15.2 Å². The zero-order chi connectivity index (χ0) is 28.1. The Morgan fingerprint density at radius 1 is 1.00 bits per heavy atom. The van der Waals surface area contributed by atoms with Crippen LogP contribution < -0.4 is 10.6 Å². The van der Waals surface area contributed by atoms with Crippen molar-refractivity contribution in [3.63, 3.8) is 0 Å². The number of carbonyl (C=O) groups excluding carboxylic acids is 2. The minimum atomic E-state index is -4.40. The molecule has 2 amide bonds. The van der Waals surface area contributed by atoms with Crippen LogP contribution in [0.15, 0.2) is 54.6 Å². The molecule has 2 aromatic carbocycles. The third-order valence-corrected chi connectivity index (χ3v) is 5.73. The number of rotatable bonds is 7. The standard InChI is InChI=1S/C27H30F3N3O5/c1-26(2,3)38-25(37)32-22-7-5-4-6-21(22)31-23(34)13-10-17-8-11-18(12-9-17)19-14-33(16-27(28,29)30)15-20(19)24(35)36/h4-13,19-20H,14-16H2,1-3H3,(H,31,34)(H,32,37)(H,35,36). The fraction of sp³-hybridized carbons (Fsp3) is 0.370. The second-order valence-electron chi connectivity index (χ2n) is 10.0. The Labute approximate surface area is 218 Å². The van der Waals surface area contributed by atoms with Crippen LogP contribution in [-0.4, -0.2) is 59.4 Å². The highest BCUT2D eigenvalue weighted by Gasteiger charge is 2.42. The summed E-state index contributed by atoms with van der Waals surface area (Å²) in [6.07, 6.45) is -2.23. The summed E-state index contributed by atoms with van der Waals surface area (Å²) in [5.41, 5.74) is 1.30. The van der Waals surface area contributed by atoms with Gasteiger partial charge in [-0.15, -0.1) is 0 Å². The van der Waals surface area contributed by atoms with E-state index in [1.54, 1.807) is 75.4 Å². The fourth-order valence-corrected chi connectivity index (χ4v) is 4.17. The Balaban J connectivity index is 1.64. The predicted octanol–water partition coefficient (Wildman–Crippen LogP) is 5.35. The molecule has 2 atom stereocenters. The van der Waals surface area contributed by atoms with Crippen molar-refractivity contribution in [2.75, 3.05) is 30.3 Å². The minimum Gasteiger partial charge on any atom is -0.481 e. The van der Waals surface area contributed by atoms with E-state index >= 15 is 0 Å². The molecular weight excluding hydrogens is 503 g/mol. The smallest absolute Gasteiger partial charge is 0.412 e. The number of aliphatic carboxylic acids is 1. The summed E-state index contributed by atoms with van der Waals surface area (Å²) in [5, 5.41) is 14.8. The number of nitrogens with zero attached hydrogens (tertiary/aromatic N) is 1. The van der Waals surface area contributed by atoms with E-state index in [4.69, 9.17) is 4.74 Å². The van der Waals surface area contributed by atoms with Crippen LogP contribution in [0.4, 0.5) is 29.3 Å². The van der Waals surface area contributed by atoms with Crippen molar-refractivity contribution in [2.45, 2.75) is 38.5 Å². The molecule has 0 bridgehead atoms. The minimum absolute atomic E-state index is 0.00912. The van der Waals surface area contributed by atoms with Crippen molar-refractivity contribution < 1.29 is 37.4 Å². The lowest BCUT2D eigenvalue weighted by Gasteiger charge is -2.20. The lowest BCUT2D eigenvalue weighted by atomic mass is 9.88. The summed E-state index contributed by atoms with van der Waals surface area (Å²) in [5.74, 6) is -3.12. The molecule has 0 radical (unpaired) electrons. The number of likely N-dealkylation sites (tertiary alicyclic amines) is 1. The monoisotopic (exact) mass is 533 g/mol. The van der Waals surface area contributed by atoms with Crippen molar-refractivity contribution in [2.24, 2.45) is 5.92 Å². The highest BCUT2D eigenvalue weighted by atomic mass is 19.4. The van der Waals surface area contributed by atoms with E-state index in [9.17, 15) is 32.7 Å². The van der Waals surface area contributed by atoms with Crippen molar-refractivity contribution in [3.8, 4) is 0 Å². The third-order valence-electron chi connectivity index (χ3n) is 5.73. The number of alkyl halides is 3. The van der Waals surface area contributed by atoms with Gasteiger partial charge in [0.2, 0.25) is 5.91 Å². The van der Waals surface area contributed by atoms with E-state index in [2.05, 4.69) is 10.6 Å². The second-order valence-corrected chi connectivity index (χ2v) is 10.0. The van der Waals surface area contributed by atoms with Crippen LogP contribution in [-0.2, 0) is 14.3 Å². The zero-order valence-corrected chi connectivity index (χ0v) is 21.2. The van der Waals surface area contributed by atoms with Gasteiger partial charge in [0.1, 0.15) is 5.60 Å². The molecule has 38 heavy (non-hydrogen) atoms. The Morgan fingerprint density at radius 3 is 2.16 bits per heavy atom. The molecular formula is C27H30F3N3O5. The van der Waals surface area contributed by atoms with Gasteiger partial charge in [-0.1, -0.05) is 36.4 Å². The molecule has 1 aliphatic heterocycles. The van der Waals surface area contributed by atoms with Gasteiger partial charge in [0, 0.05) is 25.1 Å². The van der Waals surface area contributed by atoms with Crippen LogP contribution in [0.1, 0.15) is 37.8 Å². The molecule has 0 spiro atoms. The van der Waals surface area contributed by atoms with Crippen LogP contribution >= 0.6 is 0 Å². The maximum atomic E-state index is 12.8. The molecule has 0 aromatic heterocycles. The normalized spacial score (nSPS) is 18.4. The van der Waals surface area contributed by atoms with Gasteiger partial charge >= 0.3 is 18.2 Å². The number of ether oxygens (including phenoxy) is 1. The van der Waals surface area contributed by atoms with Crippen LogP contribution in [0.5, 0.6) is 0 Å².